The Labute approximate surface area is 150 Å². The standard InChI is InChI=1S/C21H29NO3/c1-15(2)14-21(18(16(3)4)19(23)24)11-13-22(20(21)25)12-10-17-8-6-5-7-9-17/h5-9,15,18H,3,10-14H2,1-2,4H3,(H,23,24). The van der Waals surface area contributed by atoms with Crippen LogP contribution in [0.3, 0.4) is 0 Å². The highest BCUT2D eigenvalue weighted by Gasteiger charge is 2.54. The van der Waals surface area contributed by atoms with Crippen molar-refractivity contribution < 1.29 is 14.7 Å². The van der Waals surface area contributed by atoms with Crippen LogP contribution >= 0.6 is 0 Å². The molecule has 1 heterocycles. The first-order valence-electron chi connectivity index (χ1n) is 8.99. The van der Waals surface area contributed by atoms with E-state index < -0.39 is 17.3 Å². The molecule has 1 aliphatic heterocycles. The fraction of sp³-hybridized carbons (Fsp3) is 0.524. The van der Waals surface area contributed by atoms with E-state index in [1.165, 1.54) is 5.56 Å². The number of carbonyl (C=O) groups is 2. The van der Waals surface area contributed by atoms with Gasteiger partial charge in [-0.25, -0.2) is 0 Å². The zero-order valence-corrected chi connectivity index (χ0v) is 15.5. The highest BCUT2D eigenvalue weighted by atomic mass is 16.4. The number of aliphatic carboxylic acids is 1. The molecule has 25 heavy (non-hydrogen) atoms. The van der Waals surface area contributed by atoms with Crippen molar-refractivity contribution in [2.24, 2.45) is 17.3 Å². The summed E-state index contributed by atoms with van der Waals surface area (Å²) in [7, 11) is 0. The van der Waals surface area contributed by atoms with Crippen molar-refractivity contribution >= 4 is 11.9 Å². The fourth-order valence-electron chi connectivity index (χ4n) is 4.20. The Hall–Kier alpha value is -2.10. The van der Waals surface area contributed by atoms with Gasteiger partial charge in [0.25, 0.3) is 0 Å². The highest BCUT2D eigenvalue weighted by Crippen LogP contribution is 2.47. The van der Waals surface area contributed by atoms with E-state index in [0.717, 1.165) is 6.42 Å². The van der Waals surface area contributed by atoms with Gasteiger partial charge in [-0.05, 0) is 37.7 Å². The Kier molecular flexibility index (Phi) is 6.04. The van der Waals surface area contributed by atoms with Crippen molar-refractivity contribution in [1.82, 2.24) is 4.90 Å². The molecule has 2 unspecified atom stereocenters. The number of rotatable bonds is 8. The second-order valence-electron chi connectivity index (χ2n) is 7.65. The number of carboxylic acids is 1. The molecular weight excluding hydrogens is 314 g/mol. The van der Waals surface area contributed by atoms with Crippen LogP contribution in [-0.2, 0) is 16.0 Å². The van der Waals surface area contributed by atoms with Crippen molar-refractivity contribution in [3.8, 4) is 0 Å². The minimum absolute atomic E-state index is 0.0208. The van der Waals surface area contributed by atoms with Gasteiger partial charge < -0.3 is 10.0 Å². The van der Waals surface area contributed by atoms with E-state index in [9.17, 15) is 14.7 Å². The fourth-order valence-corrected chi connectivity index (χ4v) is 4.20. The molecule has 0 bridgehead atoms. The summed E-state index contributed by atoms with van der Waals surface area (Å²) in [5.41, 5.74) is 0.889. The molecule has 0 spiro atoms. The second-order valence-corrected chi connectivity index (χ2v) is 7.65. The number of amides is 1. The minimum Gasteiger partial charge on any atom is -0.481 e. The molecule has 1 fully saturated rings. The van der Waals surface area contributed by atoms with Crippen molar-refractivity contribution in [3.05, 3.63) is 48.0 Å². The molecule has 4 nitrogen and oxygen atoms in total. The summed E-state index contributed by atoms with van der Waals surface area (Å²) in [6.07, 6.45) is 1.95. The lowest BCUT2D eigenvalue weighted by atomic mass is 9.66. The topological polar surface area (TPSA) is 57.6 Å². The summed E-state index contributed by atoms with van der Waals surface area (Å²) < 4.78 is 0. The normalized spacial score (nSPS) is 21.6. The number of likely N-dealkylation sites (tertiary alicyclic amines) is 1. The van der Waals surface area contributed by atoms with Crippen LogP contribution in [0.25, 0.3) is 0 Å². The monoisotopic (exact) mass is 343 g/mol. The van der Waals surface area contributed by atoms with E-state index in [0.29, 0.717) is 31.5 Å². The molecule has 1 aliphatic rings. The van der Waals surface area contributed by atoms with Crippen LogP contribution in [0, 0.1) is 17.3 Å². The lowest BCUT2D eigenvalue weighted by molar-refractivity contribution is -0.152. The maximum Gasteiger partial charge on any atom is 0.311 e. The van der Waals surface area contributed by atoms with Crippen molar-refractivity contribution in [2.75, 3.05) is 13.1 Å². The zero-order valence-electron chi connectivity index (χ0n) is 15.5. The third kappa shape index (κ3) is 4.12. The summed E-state index contributed by atoms with van der Waals surface area (Å²) in [5, 5.41) is 9.76. The summed E-state index contributed by atoms with van der Waals surface area (Å²) in [4.78, 5) is 27.0. The van der Waals surface area contributed by atoms with Crippen LogP contribution in [-0.4, -0.2) is 35.0 Å². The third-order valence-corrected chi connectivity index (χ3v) is 5.12. The van der Waals surface area contributed by atoms with Gasteiger partial charge in [0.2, 0.25) is 5.91 Å². The average Bonchev–Trinajstić information content (AvgIpc) is 2.82. The predicted octanol–water partition coefficient (Wildman–Crippen LogP) is 3.77. The molecule has 1 amide bonds. The quantitative estimate of drug-likeness (QED) is 0.731. The van der Waals surface area contributed by atoms with Crippen LogP contribution in [0.5, 0.6) is 0 Å². The molecule has 0 aromatic heterocycles. The molecule has 2 atom stereocenters. The van der Waals surface area contributed by atoms with E-state index in [-0.39, 0.29) is 11.8 Å². The van der Waals surface area contributed by atoms with Gasteiger partial charge in [-0.15, -0.1) is 0 Å². The lowest BCUT2D eigenvalue weighted by Gasteiger charge is -2.35. The van der Waals surface area contributed by atoms with Crippen molar-refractivity contribution in [1.29, 1.82) is 0 Å². The maximum atomic E-state index is 13.3. The van der Waals surface area contributed by atoms with Crippen molar-refractivity contribution in [3.63, 3.8) is 0 Å². The van der Waals surface area contributed by atoms with Crippen LogP contribution in [0.1, 0.15) is 39.2 Å². The molecule has 0 radical (unpaired) electrons. The van der Waals surface area contributed by atoms with Gasteiger partial charge in [0.05, 0.1) is 11.3 Å². The Morgan fingerprint density at radius 2 is 1.96 bits per heavy atom. The molecule has 0 saturated carbocycles. The Bertz CT molecular complexity index is 624. The Morgan fingerprint density at radius 1 is 1.32 bits per heavy atom. The van der Waals surface area contributed by atoms with Crippen LogP contribution in [0.4, 0.5) is 0 Å². The number of nitrogens with zero attached hydrogens (tertiary/aromatic N) is 1. The van der Waals surface area contributed by atoms with Crippen LogP contribution in [0.15, 0.2) is 42.5 Å². The number of hydrogen-bond donors (Lipinski definition) is 1. The van der Waals surface area contributed by atoms with E-state index >= 15 is 0 Å². The van der Waals surface area contributed by atoms with Crippen molar-refractivity contribution in [2.45, 2.75) is 40.0 Å². The molecule has 2 rings (SSSR count). The number of carboxylic acid groups (broad SMARTS) is 1. The SMILES string of the molecule is C=C(C)C(C(=O)O)C1(CC(C)C)CCN(CCc2ccccc2)C1=O. The summed E-state index contributed by atoms with van der Waals surface area (Å²) in [6.45, 7) is 10.9. The number of carbonyl (C=O) groups excluding carboxylic acids is 1. The molecule has 1 saturated heterocycles. The molecule has 1 aromatic rings. The van der Waals surface area contributed by atoms with E-state index in [1.54, 1.807) is 6.92 Å². The van der Waals surface area contributed by atoms with Gasteiger partial charge in [0, 0.05) is 13.1 Å². The Balaban J connectivity index is 2.22. The Morgan fingerprint density at radius 3 is 2.48 bits per heavy atom. The van der Waals surface area contributed by atoms with Gasteiger partial charge in [0.1, 0.15) is 0 Å². The third-order valence-electron chi connectivity index (χ3n) is 5.12. The first-order chi connectivity index (χ1) is 11.8. The molecule has 136 valence electrons. The zero-order chi connectivity index (χ0) is 18.6. The lowest BCUT2D eigenvalue weighted by Crippen LogP contribution is -2.45. The van der Waals surface area contributed by atoms with Gasteiger partial charge in [0.15, 0.2) is 0 Å². The molecule has 4 heteroatoms. The number of benzene rings is 1. The van der Waals surface area contributed by atoms with E-state index in [2.05, 4.69) is 18.7 Å². The highest BCUT2D eigenvalue weighted by molar-refractivity contribution is 5.91. The molecule has 1 N–H and O–H groups in total. The molecule has 1 aromatic carbocycles. The first kappa shape index (κ1) is 19.2. The molecule has 0 aliphatic carbocycles. The van der Waals surface area contributed by atoms with Crippen LogP contribution in [0.2, 0.25) is 0 Å². The van der Waals surface area contributed by atoms with Crippen LogP contribution < -0.4 is 0 Å². The number of hydrogen-bond acceptors (Lipinski definition) is 2. The van der Waals surface area contributed by atoms with Gasteiger partial charge >= 0.3 is 5.97 Å². The van der Waals surface area contributed by atoms with E-state index in [4.69, 9.17) is 0 Å². The largest absolute Gasteiger partial charge is 0.481 e. The second kappa shape index (κ2) is 7.85. The first-order valence-corrected chi connectivity index (χ1v) is 8.99. The van der Waals surface area contributed by atoms with Gasteiger partial charge in [-0.1, -0.05) is 56.3 Å². The van der Waals surface area contributed by atoms with Gasteiger partial charge in [-0.2, -0.15) is 0 Å². The average molecular weight is 343 g/mol. The van der Waals surface area contributed by atoms with Gasteiger partial charge in [-0.3, -0.25) is 9.59 Å². The summed E-state index contributed by atoms with van der Waals surface area (Å²) in [5.74, 6) is -1.53. The summed E-state index contributed by atoms with van der Waals surface area (Å²) >= 11 is 0. The maximum absolute atomic E-state index is 13.3. The smallest absolute Gasteiger partial charge is 0.311 e. The molecular formula is C21H29NO3. The van der Waals surface area contributed by atoms with E-state index in [1.807, 2.05) is 36.9 Å². The predicted molar refractivity (Wildman–Crippen MR) is 99.2 cm³/mol. The minimum atomic E-state index is -0.939. The summed E-state index contributed by atoms with van der Waals surface area (Å²) in [6, 6.07) is 10.1.